The summed E-state index contributed by atoms with van der Waals surface area (Å²) in [7, 11) is -23.8. The summed E-state index contributed by atoms with van der Waals surface area (Å²) in [6.45, 7) is 22.1. The molecule has 53 heteroatoms. The van der Waals surface area contributed by atoms with Crippen molar-refractivity contribution in [3.63, 3.8) is 0 Å². The van der Waals surface area contributed by atoms with Crippen LogP contribution in [0.15, 0.2) is 15.3 Å². The number of nitrogens with zero attached hydrogens (tertiary/aromatic N) is 9. The molecular formula is C37H58N9Na5O34S5-4. The second-order valence-electron chi connectivity index (χ2n) is 18.2. The number of carbonyl (C=O) groups excluding carboxylic acids is 1. The monoisotopic (exact) mass is 1450 g/mol. The van der Waals surface area contributed by atoms with Crippen molar-refractivity contribution >= 4 is 64.4 Å². The van der Waals surface area contributed by atoms with Crippen LogP contribution >= 0.6 is 0 Å². The van der Waals surface area contributed by atoms with Crippen LogP contribution in [0.1, 0.15) is 41.5 Å². The first kappa shape index (κ1) is 99.5. The average molecular weight is 1450 g/mol. The number of azide groups is 3. The predicted molar refractivity (Wildman–Crippen MR) is 263 cm³/mol. The summed E-state index contributed by atoms with van der Waals surface area (Å²) in [4.78, 5) is 33.1. The van der Waals surface area contributed by atoms with E-state index >= 15 is 0 Å². The van der Waals surface area contributed by atoms with Gasteiger partial charge in [-0.25, -0.2) is 46.9 Å². The molecule has 5 fully saturated rings. The second-order valence-corrected chi connectivity index (χ2v) is 22.7. The number of hydrogen-bond acceptors (Lipinski definition) is 32. The number of carbonyl (C=O) groups is 2. The largest absolute Gasteiger partial charge is 1.00 e. The van der Waals surface area contributed by atoms with Gasteiger partial charge in [-0.1, -0.05) is 70.1 Å². The molecule has 5 aliphatic rings. The minimum absolute atomic E-state index is 0. The molecule has 0 aromatic heterocycles. The zero-order valence-electron chi connectivity index (χ0n) is 49.8. The molecule has 0 spiro atoms. The van der Waals surface area contributed by atoms with Crippen LogP contribution in [-0.4, -0.2) is 219 Å². The van der Waals surface area contributed by atoms with E-state index in [1.54, 1.807) is 20.8 Å². The summed E-state index contributed by atoms with van der Waals surface area (Å²) in [5, 5.41) is 21.7. The molecule has 5 heterocycles. The fourth-order valence-corrected chi connectivity index (χ4v) is 9.06. The van der Waals surface area contributed by atoms with E-state index in [0.717, 1.165) is 0 Å². The van der Waals surface area contributed by atoms with Gasteiger partial charge in [-0.15, -0.1) is 5.11 Å². The summed E-state index contributed by atoms with van der Waals surface area (Å²) >= 11 is 0. The molecule has 5 aliphatic heterocycles. The Labute approximate surface area is 627 Å². The smallest absolute Gasteiger partial charge is 0.726 e. The first-order chi connectivity index (χ1) is 38.7. The maximum Gasteiger partial charge on any atom is 1.00 e. The van der Waals surface area contributed by atoms with Gasteiger partial charge in [-0.3, -0.25) is 33.6 Å². The summed E-state index contributed by atoms with van der Waals surface area (Å²) in [5.41, 5.74) is 28.0. The Hall–Kier alpha value is 0.820. The Morgan fingerprint density at radius 1 is 0.511 bits per heavy atom. The third kappa shape index (κ3) is 37.1. The van der Waals surface area contributed by atoms with Gasteiger partial charge in [0.2, 0.25) is 58.3 Å². The van der Waals surface area contributed by atoms with Gasteiger partial charge in [0.1, 0.15) is 24.6 Å². The molecule has 494 valence electrons. The van der Waals surface area contributed by atoms with E-state index in [-0.39, 0.29) is 166 Å². The molecular weight excluding hydrogens is 1390 g/mol. The van der Waals surface area contributed by atoms with Crippen LogP contribution in [0.2, 0.25) is 0 Å². The quantitative estimate of drug-likeness (QED) is 0.0132. The van der Waals surface area contributed by atoms with Crippen LogP contribution in [0, 0.1) is 62.7 Å². The van der Waals surface area contributed by atoms with Gasteiger partial charge in [0.15, 0.2) is 31.3 Å². The SMILES string of the molecule is O=S(=O)([O-])O.O=S(=O)([O-])O.O=S(=O)([O-])O.O=S(=O)([O-])O.[CH2-]C1O[C@H](O[C@@H]2C(OC=O)O[C@@H](O[C@@H]3C([CH2-])O[C@H](OC)C(N=[N+]=[N-])[C@H]3C)C(OS(=O)(=O)[O-])[C@H]2C)C(N=[N+]=[N-])[CH-][C@@H]1O[C@@H]1O[C@@H](C(=O)O)[C@@H](O[C@H]2O[C@@H]([CH2-])[C@@H](C)[C@H](C)C2N=[N+]=[N-])[C@H](C)C1C.[Na+].[Na+].[Na+].[Na+].[Na+]. The van der Waals surface area contributed by atoms with E-state index in [1.807, 2.05) is 13.8 Å². The molecule has 0 amide bonds. The van der Waals surface area contributed by atoms with Gasteiger partial charge in [0.05, 0.1) is 18.2 Å². The van der Waals surface area contributed by atoms with E-state index < -0.39 is 192 Å². The standard InChI is InChI=1S/C37H55N9O18S.5Na.4H2O4S/c1-13-14(2)24(42-45-39)35(55-19(13)7)60-27-15(3)16(4)32(62-30(27)31(48)49)58-23-11-22(41-44-38)33(56-20(23)8)61-28-18(6)29(64-65(50,51)52)37(63-36(28)54-12-47)59-26-17(5)25(43-46-40)34(53-10)57-21(26)9;;;;;;4*1-5(2,3)4/h11-30,32-37H,7-9H2,1-6,10H3,(H,48,49)(H,50,51,52);;;;;;4*(H2,1,2,3,4)/q-4;5*+1;;;;/p-5/t13-,14-,15+,16?,17+,18-,19-,20?,21?,22?,23-,24?,25?,26-,27-,28-,29?,30+,32+,33+,34-,35+,36?,37+;;;;;;;;;/m0........./s1. The van der Waals surface area contributed by atoms with Gasteiger partial charge >= 0.3 is 154 Å². The molecule has 5 saturated heterocycles. The molecule has 0 bridgehead atoms. The number of methoxy groups -OCH3 is 1. The molecule has 5 rings (SSSR count). The molecule has 90 heavy (non-hydrogen) atoms. The first-order valence-electron chi connectivity index (χ1n) is 23.3. The van der Waals surface area contributed by atoms with Crippen molar-refractivity contribution in [2.24, 2.45) is 50.9 Å². The second kappa shape index (κ2) is 44.8. The first-order valence-corrected chi connectivity index (χ1v) is 30.1. The van der Waals surface area contributed by atoms with Crippen molar-refractivity contribution < 1.29 is 302 Å². The van der Waals surface area contributed by atoms with Gasteiger partial charge in [-0.2, -0.15) is 0 Å². The summed E-state index contributed by atoms with van der Waals surface area (Å²) < 4.78 is 237. The van der Waals surface area contributed by atoms with Crippen molar-refractivity contribution in [3.8, 4) is 0 Å². The van der Waals surface area contributed by atoms with Crippen LogP contribution in [0.3, 0.4) is 0 Å². The fourth-order valence-electron chi connectivity index (χ4n) is 8.52. The number of carboxylic acids is 1. The normalized spacial score (nSPS) is 35.6. The number of rotatable bonds is 17. The zero-order chi connectivity index (χ0) is 66.1. The van der Waals surface area contributed by atoms with Crippen molar-refractivity contribution in [2.45, 2.75) is 152 Å². The summed E-state index contributed by atoms with van der Waals surface area (Å²) in [6.07, 6.45) is -18.2. The maximum absolute atomic E-state index is 12.7. The predicted octanol–water partition coefficient (Wildman–Crippen LogP) is -15.5. The van der Waals surface area contributed by atoms with Crippen LogP contribution < -0.4 is 148 Å². The number of ether oxygens (including phenoxy) is 11. The Balaban J connectivity index is -0.000000835. The Morgan fingerprint density at radius 2 is 0.933 bits per heavy atom. The van der Waals surface area contributed by atoms with Gasteiger partial charge in [-0.05, 0) is 57.3 Å². The van der Waals surface area contributed by atoms with E-state index in [0.29, 0.717) is 0 Å². The Morgan fingerprint density at radius 3 is 1.36 bits per heavy atom. The molecule has 0 aromatic rings. The van der Waals surface area contributed by atoms with Crippen LogP contribution in [-0.2, 0) is 118 Å². The Kier molecular flexibility index (Phi) is 49.5. The van der Waals surface area contributed by atoms with E-state index in [2.05, 4.69) is 50.8 Å². The van der Waals surface area contributed by atoms with Gasteiger partial charge in [0, 0.05) is 28.8 Å². The molecule has 8 unspecified atom stereocenters. The van der Waals surface area contributed by atoms with Gasteiger partial charge < -0.3 is 101 Å². The summed E-state index contributed by atoms with van der Waals surface area (Å²) in [6, 6.07) is -3.12. The van der Waals surface area contributed by atoms with Crippen LogP contribution in [0.25, 0.3) is 31.3 Å². The zero-order valence-corrected chi connectivity index (χ0v) is 63.9. The van der Waals surface area contributed by atoms with E-state index in [9.17, 15) is 38.7 Å². The van der Waals surface area contributed by atoms with Crippen LogP contribution in [0.5, 0.6) is 0 Å². The van der Waals surface area contributed by atoms with Crippen molar-refractivity contribution in [2.75, 3.05) is 7.11 Å². The van der Waals surface area contributed by atoms with E-state index in [1.165, 1.54) is 20.5 Å². The van der Waals surface area contributed by atoms with Crippen molar-refractivity contribution in [1.29, 1.82) is 0 Å². The minimum Gasteiger partial charge on any atom is -0.726 e. The molecule has 0 radical (unpaired) electrons. The molecule has 0 saturated carbocycles. The van der Waals surface area contributed by atoms with Gasteiger partial charge in [0.25, 0.3) is 6.47 Å². The van der Waals surface area contributed by atoms with Crippen molar-refractivity contribution in [3.05, 3.63) is 58.5 Å². The van der Waals surface area contributed by atoms with E-state index in [4.69, 9.17) is 132 Å². The topological polar surface area (TPSA) is 678 Å². The van der Waals surface area contributed by atoms with Crippen LogP contribution in [0.4, 0.5) is 0 Å². The number of carboxylic acid groups (broad SMARTS) is 1. The minimum atomic E-state index is -5.49. The average Bonchev–Trinajstić information content (AvgIpc) is 1.02. The Bertz CT molecular complexity index is 2780. The molecule has 43 nitrogen and oxygen atoms in total. The van der Waals surface area contributed by atoms with Crippen molar-refractivity contribution in [1.82, 2.24) is 0 Å². The number of aliphatic carboxylic acids is 1. The fraction of sp³-hybridized carbons (Fsp3) is 0.838. The third-order valence-corrected chi connectivity index (χ3v) is 13.2. The molecule has 0 aromatic carbocycles. The number of hydrogen-bond donors (Lipinski definition) is 5. The third-order valence-electron chi connectivity index (χ3n) is 12.7. The summed E-state index contributed by atoms with van der Waals surface area (Å²) in [5.74, 6) is -4.84. The molecule has 24 atom stereocenters. The maximum atomic E-state index is 12.7. The molecule has 5 N–H and O–H groups in total. The molecule has 0 aliphatic carbocycles.